The van der Waals surface area contributed by atoms with E-state index in [0.29, 0.717) is 24.5 Å². The second-order valence-corrected chi connectivity index (χ2v) is 5.09. The van der Waals surface area contributed by atoms with E-state index in [1.54, 1.807) is 12.1 Å². The van der Waals surface area contributed by atoms with Crippen LogP contribution in [0.2, 0.25) is 0 Å². The molecule has 0 atom stereocenters. The molecule has 0 aliphatic heterocycles. The Bertz CT molecular complexity index is 599. The predicted octanol–water partition coefficient (Wildman–Crippen LogP) is 3.78. The van der Waals surface area contributed by atoms with Crippen LogP contribution in [0.1, 0.15) is 22.8 Å². The van der Waals surface area contributed by atoms with Crippen molar-refractivity contribution in [2.75, 3.05) is 6.54 Å². The second kappa shape index (κ2) is 7.10. The Morgan fingerprint density at radius 3 is 2.60 bits per heavy atom. The third kappa shape index (κ3) is 3.61. The summed E-state index contributed by atoms with van der Waals surface area (Å²) in [5.74, 6) is 0.476. The fraction of sp³-hybridized carbons (Fsp3) is 0.188. The van der Waals surface area contributed by atoms with Crippen LogP contribution >= 0.6 is 15.9 Å². The maximum atomic E-state index is 11.9. The van der Waals surface area contributed by atoms with E-state index >= 15 is 0 Å². The number of hydrogen-bond donors (Lipinski definition) is 1. The predicted molar refractivity (Wildman–Crippen MR) is 82.9 cm³/mol. The first-order valence-electron chi connectivity index (χ1n) is 6.45. The molecule has 2 aromatic rings. The van der Waals surface area contributed by atoms with Crippen molar-refractivity contribution in [2.24, 2.45) is 0 Å². The first-order chi connectivity index (χ1) is 9.72. The van der Waals surface area contributed by atoms with E-state index in [-0.39, 0.29) is 5.91 Å². The van der Waals surface area contributed by atoms with Crippen molar-refractivity contribution in [1.82, 2.24) is 5.32 Å². The standard InChI is InChI=1S/C16H16BrNO2/c1-2-18-16(19)13-8-4-6-10-15(13)20-11-12-7-3-5-9-14(12)17/h3-10H,2,11H2,1H3,(H,18,19). The van der Waals surface area contributed by atoms with Gasteiger partial charge in [0, 0.05) is 16.6 Å². The van der Waals surface area contributed by atoms with E-state index in [0.717, 1.165) is 10.0 Å². The smallest absolute Gasteiger partial charge is 0.255 e. The lowest BCUT2D eigenvalue weighted by Crippen LogP contribution is -2.23. The van der Waals surface area contributed by atoms with E-state index in [1.807, 2.05) is 43.3 Å². The topological polar surface area (TPSA) is 38.3 Å². The van der Waals surface area contributed by atoms with Crippen LogP contribution in [-0.2, 0) is 6.61 Å². The maximum Gasteiger partial charge on any atom is 0.255 e. The van der Waals surface area contributed by atoms with Gasteiger partial charge in [0.15, 0.2) is 0 Å². The van der Waals surface area contributed by atoms with E-state index in [1.165, 1.54) is 0 Å². The molecular formula is C16H16BrNO2. The number of carbonyl (C=O) groups is 1. The summed E-state index contributed by atoms with van der Waals surface area (Å²) in [6.45, 7) is 2.90. The molecule has 20 heavy (non-hydrogen) atoms. The fourth-order valence-corrected chi connectivity index (χ4v) is 2.21. The first-order valence-corrected chi connectivity index (χ1v) is 7.25. The number of ether oxygens (including phenoxy) is 1. The van der Waals surface area contributed by atoms with Gasteiger partial charge in [-0.1, -0.05) is 46.3 Å². The van der Waals surface area contributed by atoms with Crippen molar-refractivity contribution in [3.8, 4) is 5.75 Å². The monoisotopic (exact) mass is 333 g/mol. The largest absolute Gasteiger partial charge is 0.488 e. The summed E-state index contributed by atoms with van der Waals surface area (Å²) in [6, 6.07) is 15.1. The molecule has 0 bridgehead atoms. The van der Waals surface area contributed by atoms with Crippen molar-refractivity contribution < 1.29 is 9.53 Å². The molecule has 0 aliphatic carbocycles. The lowest BCUT2D eigenvalue weighted by Gasteiger charge is -2.12. The zero-order valence-electron chi connectivity index (χ0n) is 11.2. The van der Waals surface area contributed by atoms with Crippen molar-refractivity contribution in [1.29, 1.82) is 0 Å². The van der Waals surface area contributed by atoms with Crippen LogP contribution in [-0.4, -0.2) is 12.5 Å². The van der Waals surface area contributed by atoms with E-state index in [9.17, 15) is 4.79 Å². The minimum atomic E-state index is -0.116. The van der Waals surface area contributed by atoms with Crippen molar-refractivity contribution in [3.63, 3.8) is 0 Å². The number of carbonyl (C=O) groups excluding carboxylic acids is 1. The van der Waals surface area contributed by atoms with Crippen LogP contribution in [0.5, 0.6) is 5.75 Å². The van der Waals surface area contributed by atoms with Gasteiger partial charge in [0.2, 0.25) is 0 Å². The van der Waals surface area contributed by atoms with E-state index in [2.05, 4.69) is 21.2 Å². The molecule has 3 nitrogen and oxygen atoms in total. The van der Waals surface area contributed by atoms with E-state index in [4.69, 9.17) is 4.74 Å². The van der Waals surface area contributed by atoms with Gasteiger partial charge in [0.25, 0.3) is 5.91 Å². The molecule has 0 heterocycles. The molecule has 2 rings (SSSR count). The third-order valence-electron chi connectivity index (χ3n) is 2.81. The molecule has 2 aromatic carbocycles. The molecule has 4 heteroatoms. The quantitative estimate of drug-likeness (QED) is 0.904. The number of halogens is 1. The number of benzene rings is 2. The summed E-state index contributed by atoms with van der Waals surface area (Å²) in [5.41, 5.74) is 1.60. The molecule has 0 aromatic heterocycles. The van der Waals surface area contributed by atoms with Gasteiger partial charge < -0.3 is 10.1 Å². The SMILES string of the molecule is CCNC(=O)c1ccccc1OCc1ccccc1Br. The Morgan fingerprint density at radius 2 is 1.85 bits per heavy atom. The molecule has 1 amide bonds. The molecule has 0 radical (unpaired) electrons. The highest BCUT2D eigenvalue weighted by Gasteiger charge is 2.11. The maximum absolute atomic E-state index is 11.9. The summed E-state index contributed by atoms with van der Waals surface area (Å²) in [4.78, 5) is 11.9. The van der Waals surface area contributed by atoms with Crippen LogP contribution < -0.4 is 10.1 Å². The summed E-state index contributed by atoms with van der Waals surface area (Å²) < 4.78 is 6.78. The van der Waals surface area contributed by atoms with Gasteiger partial charge in [-0.05, 0) is 25.1 Å². The van der Waals surface area contributed by atoms with Gasteiger partial charge in [-0.25, -0.2) is 0 Å². The fourth-order valence-electron chi connectivity index (χ4n) is 1.81. The lowest BCUT2D eigenvalue weighted by atomic mass is 10.2. The first kappa shape index (κ1) is 14.6. The summed E-state index contributed by atoms with van der Waals surface area (Å²) >= 11 is 3.48. The van der Waals surface area contributed by atoms with Gasteiger partial charge >= 0.3 is 0 Å². The number of para-hydroxylation sites is 1. The highest BCUT2D eigenvalue weighted by molar-refractivity contribution is 9.10. The molecule has 0 fully saturated rings. The normalized spacial score (nSPS) is 10.1. The lowest BCUT2D eigenvalue weighted by molar-refractivity contribution is 0.0951. The van der Waals surface area contributed by atoms with E-state index < -0.39 is 0 Å². The Kier molecular flexibility index (Phi) is 5.18. The summed E-state index contributed by atoms with van der Waals surface area (Å²) in [6.07, 6.45) is 0. The van der Waals surface area contributed by atoms with Gasteiger partial charge in [-0.15, -0.1) is 0 Å². The molecular weight excluding hydrogens is 318 g/mol. The summed E-state index contributed by atoms with van der Waals surface area (Å²) in [5, 5.41) is 2.78. The minimum absolute atomic E-state index is 0.116. The summed E-state index contributed by atoms with van der Waals surface area (Å²) in [7, 11) is 0. The Morgan fingerprint density at radius 1 is 1.15 bits per heavy atom. The highest BCUT2D eigenvalue weighted by Crippen LogP contribution is 2.22. The number of rotatable bonds is 5. The molecule has 0 saturated carbocycles. The zero-order chi connectivity index (χ0) is 14.4. The van der Waals surface area contributed by atoms with Crippen molar-refractivity contribution in [3.05, 3.63) is 64.1 Å². The molecule has 104 valence electrons. The number of amides is 1. The molecule has 0 unspecified atom stereocenters. The second-order valence-electron chi connectivity index (χ2n) is 4.24. The Labute approximate surface area is 127 Å². The molecule has 0 aliphatic rings. The Hall–Kier alpha value is -1.81. The van der Waals surface area contributed by atoms with Gasteiger partial charge in [0.1, 0.15) is 12.4 Å². The number of hydrogen-bond acceptors (Lipinski definition) is 2. The van der Waals surface area contributed by atoms with Crippen LogP contribution in [0.15, 0.2) is 53.0 Å². The van der Waals surface area contributed by atoms with Gasteiger partial charge in [-0.2, -0.15) is 0 Å². The van der Waals surface area contributed by atoms with Crippen LogP contribution in [0.25, 0.3) is 0 Å². The minimum Gasteiger partial charge on any atom is -0.488 e. The molecule has 1 N–H and O–H groups in total. The third-order valence-corrected chi connectivity index (χ3v) is 3.58. The molecule has 0 saturated heterocycles. The van der Waals surface area contributed by atoms with Crippen LogP contribution in [0, 0.1) is 0 Å². The Balaban J connectivity index is 2.14. The molecule has 0 spiro atoms. The zero-order valence-corrected chi connectivity index (χ0v) is 12.8. The van der Waals surface area contributed by atoms with Gasteiger partial charge in [-0.3, -0.25) is 4.79 Å². The average molecular weight is 334 g/mol. The number of nitrogens with one attached hydrogen (secondary N) is 1. The van der Waals surface area contributed by atoms with Crippen LogP contribution in [0.3, 0.4) is 0 Å². The average Bonchev–Trinajstić information content (AvgIpc) is 2.47. The highest BCUT2D eigenvalue weighted by atomic mass is 79.9. The van der Waals surface area contributed by atoms with Crippen molar-refractivity contribution >= 4 is 21.8 Å². The van der Waals surface area contributed by atoms with Gasteiger partial charge in [0.05, 0.1) is 5.56 Å². The van der Waals surface area contributed by atoms with Crippen LogP contribution in [0.4, 0.5) is 0 Å². The van der Waals surface area contributed by atoms with Crippen molar-refractivity contribution in [2.45, 2.75) is 13.5 Å².